The first-order valence-electron chi connectivity index (χ1n) is 10.3. The Morgan fingerprint density at radius 1 is 1.39 bits per heavy atom. The van der Waals surface area contributed by atoms with Crippen molar-refractivity contribution in [3.63, 3.8) is 0 Å². The minimum Gasteiger partial charge on any atom is -0.395 e. The highest BCUT2D eigenvalue weighted by Gasteiger charge is 2.13. The summed E-state index contributed by atoms with van der Waals surface area (Å²) in [6.45, 7) is 11.8. The quantitative estimate of drug-likeness (QED) is 0.195. The molecule has 0 aliphatic carbocycles. The molecule has 174 valence electrons. The molecule has 0 bridgehead atoms. The summed E-state index contributed by atoms with van der Waals surface area (Å²) in [5, 5.41) is 9.16. The van der Waals surface area contributed by atoms with Crippen LogP contribution in [-0.2, 0) is 0 Å². The van der Waals surface area contributed by atoms with E-state index >= 15 is 0 Å². The summed E-state index contributed by atoms with van der Waals surface area (Å²) in [6, 6.07) is 7.42. The summed E-state index contributed by atoms with van der Waals surface area (Å²) in [4.78, 5) is 24.5. The standard InChI is InChI=1S/C21H22N4O2S.C4H7Cl/c1-5-6-14(2)19-12-17-20(28-19)21(27)25(13-23-17)15-7-8-18(16(11-15)22-3)24(4)9-10-26;1-2-3-4-5/h5-8,11-13,26H,1,3,9-10H2,2,4H3;2-3H,4H2,1H3/b14-6+;3-2-. The smallest absolute Gasteiger partial charge is 0.275 e. The van der Waals surface area contributed by atoms with Crippen LogP contribution >= 0.6 is 22.9 Å². The van der Waals surface area contributed by atoms with E-state index in [1.54, 1.807) is 12.1 Å². The number of aliphatic hydroxyl groups excluding tert-OH is 1. The summed E-state index contributed by atoms with van der Waals surface area (Å²) < 4.78 is 2.11. The van der Waals surface area contributed by atoms with Gasteiger partial charge in [0.15, 0.2) is 0 Å². The molecule has 0 spiro atoms. The van der Waals surface area contributed by atoms with E-state index in [-0.39, 0.29) is 12.2 Å². The van der Waals surface area contributed by atoms with Crippen molar-refractivity contribution in [3.05, 3.63) is 76.7 Å². The second-order valence-corrected chi connectivity index (χ2v) is 8.39. The lowest BCUT2D eigenvalue weighted by Gasteiger charge is -2.20. The van der Waals surface area contributed by atoms with E-state index in [0.29, 0.717) is 34.0 Å². The number of alkyl halides is 1. The molecule has 33 heavy (non-hydrogen) atoms. The number of hydrogen-bond donors (Lipinski definition) is 1. The van der Waals surface area contributed by atoms with Crippen molar-refractivity contribution in [1.82, 2.24) is 9.55 Å². The molecular formula is C25H29ClN4O2S. The van der Waals surface area contributed by atoms with Gasteiger partial charge in [-0.2, -0.15) is 0 Å². The first-order valence-corrected chi connectivity index (χ1v) is 11.7. The third-order valence-electron chi connectivity index (χ3n) is 4.77. The van der Waals surface area contributed by atoms with Crippen LogP contribution in [-0.4, -0.2) is 47.5 Å². The first-order chi connectivity index (χ1) is 15.9. The number of aromatic nitrogens is 2. The average molecular weight is 485 g/mol. The predicted octanol–water partition coefficient (Wildman–Crippen LogP) is 5.60. The van der Waals surface area contributed by atoms with Gasteiger partial charge in [0.25, 0.3) is 5.56 Å². The molecule has 3 rings (SSSR count). The number of anilines is 1. The lowest BCUT2D eigenvalue weighted by molar-refractivity contribution is 0.304. The maximum atomic E-state index is 13.0. The number of allylic oxidation sites excluding steroid dienone is 5. The molecule has 0 fully saturated rings. The lowest BCUT2D eigenvalue weighted by atomic mass is 10.2. The van der Waals surface area contributed by atoms with Crippen LogP contribution in [0.2, 0.25) is 0 Å². The van der Waals surface area contributed by atoms with Crippen LogP contribution < -0.4 is 10.5 Å². The monoisotopic (exact) mass is 484 g/mol. The number of fused-ring (bicyclic) bond motifs is 1. The van der Waals surface area contributed by atoms with Gasteiger partial charge in [-0.05, 0) is 50.4 Å². The molecule has 0 saturated carbocycles. The molecule has 2 aromatic heterocycles. The summed E-state index contributed by atoms with van der Waals surface area (Å²) in [7, 11) is 1.87. The lowest BCUT2D eigenvalue weighted by Crippen LogP contribution is -2.22. The Kier molecular flexibility index (Phi) is 10.3. The van der Waals surface area contributed by atoms with Gasteiger partial charge in [-0.1, -0.05) is 30.9 Å². The van der Waals surface area contributed by atoms with Crippen molar-refractivity contribution in [2.45, 2.75) is 13.8 Å². The average Bonchev–Trinajstić information content (AvgIpc) is 3.26. The van der Waals surface area contributed by atoms with Gasteiger partial charge in [0.05, 0.1) is 29.2 Å². The number of nitrogens with zero attached hydrogens (tertiary/aromatic N) is 4. The number of aliphatic hydroxyl groups is 1. The van der Waals surface area contributed by atoms with E-state index in [1.807, 2.05) is 62.2 Å². The van der Waals surface area contributed by atoms with E-state index in [4.69, 9.17) is 16.7 Å². The van der Waals surface area contributed by atoms with Crippen LogP contribution in [0.25, 0.3) is 21.5 Å². The van der Waals surface area contributed by atoms with E-state index in [2.05, 4.69) is 23.3 Å². The maximum Gasteiger partial charge on any atom is 0.275 e. The van der Waals surface area contributed by atoms with Gasteiger partial charge in [0.2, 0.25) is 0 Å². The molecule has 0 atom stereocenters. The van der Waals surface area contributed by atoms with Gasteiger partial charge in [-0.3, -0.25) is 14.4 Å². The minimum atomic E-state index is -0.126. The zero-order valence-corrected chi connectivity index (χ0v) is 20.7. The molecule has 6 nitrogen and oxygen atoms in total. The van der Waals surface area contributed by atoms with Crippen molar-refractivity contribution >= 4 is 56.8 Å². The van der Waals surface area contributed by atoms with Gasteiger partial charge in [-0.25, -0.2) is 4.98 Å². The largest absolute Gasteiger partial charge is 0.395 e. The summed E-state index contributed by atoms with van der Waals surface area (Å²) in [6.07, 6.45) is 8.99. The van der Waals surface area contributed by atoms with Gasteiger partial charge in [-0.15, -0.1) is 22.9 Å². The molecule has 0 amide bonds. The number of aliphatic imine (C=N–C) groups is 1. The molecule has 0 radical (unpaired) electrons. The third-order valence-corrected chi connectivity index (χ3v) is 6.20. The van der Waals surface area contributed by atoms with Crippen molar-refractivity contribution in [3.8, 4) is 5.69 Å². The van der Waals surface area contributed by atoms with Crippen molar-refractivity contribution in [1.29, 1.82) is 0 Å². The Morgan fingerprint density at radius 3 is 2.73 bits per heavy atom. The van der Waals surface area contributed by atoms with Crippen LogP contribution in [0.15, 0.2) is 71.3 Å². The van der Waals surface area contributed by atoms with Crippen LogP contribution in [0.4, 0.5) is 11.4 Å². The number of likely N-dealkylation sites (N-methyl/N-ethyl adjacent to an activating group) is 1. The zero-order chi connectivity index (χ0) is 24.4. The van der Waals surface area contributed by atoms with Gasteiger partial charge in [0, 0.05) is 24.3 Å². The van der Waals surface area contributed by atoms with Crippen LogP contribution in [0.1, 0.15) is 18.7 Å². The normalized spacial score (nSPS) is 11.4. The van der Waals surface area contributed by atoms with E-state index in [1.165, 1.54) is 22.2 Å². The Hall–Kier alpha value is -3.00. The molecule has 0 saturated heterocycles. The Bertz CT molecular complexity index is 1230. The van der Waals surface area contributed by atoms with Gasteiger partial charge in [0.1, 0.15) is 11.0 Å². The number of halogens is 1. The fourth-order valence-electron chi connectivity index (χ4n) is 3.02. The highest BCUT2D eigenvalue weighted by molar-refractivity contribution is 7.19. The molecule has 8 heteroatoms. The van der Waals surface area contributed by atoms with Crippen molar-refractivity contribution < 1.29 is 5.11 Å². The molecule has 1 aromatic carbocycles. The second-order valence-electron chi connectivity index (χ2n) is 7.03. The molecule has 3 aromatic rings. The van der Waals surface area contributed by atoms with Gasteiger partial charge < -0.3 is 10.0 Å². The molecule has 2 heterocycles. The van der Waals surface area contributed by atoms with E-state index in [0.717, 1.165) is 16.1 Å². The third kappa shape index (κ3) is 6.51. The van der Waals surface area contributed by atoms with Crippen LogP contribution in [0, 0.1) is 0 Å². The Balaban J connectivity index is 0.000000696. The predicted molar refractivity (Wildman–Crippen MR) is 144 cm³/mol. The highest BCUT2D eigenvalue weighted by atomic mass is 35.5. The van der Waals surface area contributed by atoms with E-state index in [9.17, 15) is 4.79 Å². The van der Waals surface area contributed by atoms with Crippen molar-refractivity contribution in [2.24, 2.45) is 4.99 Å². The minimum absolute atomic E-state index is 0.0370. The highest BCUT2D eigenvalue weighted by Crippen LogP contribution is 2.31. The number of thiophene rings is 1. The zero-order valence-electron chi connectivity index (χ0n) is 19.2. The number of hydrogen-bond acceptors (Lipinski definition) is 6. The summed E-state index contributed by atoms with van der Waals surface area (Å²) in [5.74, 6) is 0.635. The Labute approximate surface area is 203 Å². The topological polar surface area (TPSA) is 70.7 Å². The fourth-order valence-corrected chi connectivity index (χ4v) is 4.22. The molecule has 1 N–H and O–H groups in total. The summed E-state index contributed by atoms with van der Waals surface area (Å²) >= 11 is 6.64. The SMILES string of the molecule is C/C=C\CCl.C=C/C=C(\C)c1cc2ncn(-c3ccc(N(C)CCO)c(N=C)c3)c(=O)c2s1. The molecular weight excluding hydrogens is 456 g/mol. The van der Waals surface area contributed by atoms with Crippen LogP contribution in [0.3, 0.4) is 0 Å². The van der Waals surface area contributed by atoms with Crippen molar-refractivity contribution in [2.75, 3.05) is 31.0 Å². The van der Waals surface area contributed by atoms with Gasteiger partial charge >= 0.3 is 0 Å². The first kappa shape index (κ1) is 26.3. The molecule has 0 aliphatic heterocycles. The maximum absolute atomic E-state index is 13.0. The molecule has 0 aliphatic rings. The van der Waals surface area contributed by atoms with Crippen LogP contribution in [0.5, 0.6) is 0 Å². The number of benzene rings is 1. The fraction of sp³-hybridized carbons (Fsp3) is 0.240. The molecule has 0 unspecified atom stereocenters. The van der Waals surface area contributed by atoms with E-state index < -0.39 is 0 Å². The second kappa shape index (κ2) is 12.9. The Morgan fingerprint density at radius 2 is 2.15 bits per heavy atom. The number of rotatable bonds is 8. The summed E-state index contributed by atoms with van der Waals surface area (Å²) in [5.41, 5.74) is 3.73.